The van der Waals surface area contributed by atoms with Crippen molar-refractivity contribution < 1.29 is 9.90 Å². The number of aliphatic hydroxyl groups excluding tert-OH is 1. The van der Waals surface area contributed by atoms with Gasteiger partial charge in [0.05, 0.1) is 6.10 Å². The largest absolute Gasteiger partial charge is 0.392 e. The normalized spacial score (nSPS) is 29.8. The van der Waals surface area contributed by atoms with Crippen LogP contribution in [0, 0.1) is 5.92 Å². The molecule has 1 heterocycles. The third-order valence-corrected chi connectivity index (χ3v) is 2.06. The van der Waals surface area contributed by atoms with Crippen LogP contribution >= 0.6 is 0 Å². The van der Waals surface area contributed by atoms with Crippen molar-refractivity contribution in [2.75, 3.05) is 19.6 Å². The maximum Gasteiger partial charge on any atom is 0.216 e. The summed E-state index contributed by atoms with van der Waals surface area (Å²) in [6, 6.07) is 0. The molecule has 70 valence electrons. The summed E-state index contributed by atoms with van der Waals surface area (Å²) in [6.45, 7) is 3.74. The zero-order chi connectivity index (χ0) is 8.97. The molecule has 4 heteroatoms. The van der Waals surface area contributed by atoms with Gasteiger partial charge in [-0.2, -0.15) is 0 Å². The molecule has 0 radical (unpaired) electrons. The van der Waals surface area contributed by atoms with E-state index in [0.29, 0.717) is 19.0 Å². The second-order valence-corrected chi connectivity index (χ2v) is 3.35. The van der Waals surface area contributed by atoms with Crippen molar-refractivity contribution in [2.45, 2.75) is 19.4 Å². The van der Waals surface area contributed by atoms with Gasteiger partial charge in [-0.25, -0.2) is 0 Å². The first-order valence-corrected chi connectivity index (χ1v) is 4.31. The quantitative estimate of drug-likeness (QED) is 0.505. The third kappa shape index (κ3) is 3.19. The van der Waals surface area contributed by atoms with Crippen molar-refractivity contribution in [3.63, 3.8) is 0 Å². The van der Waals surface area contributed by atoms with E-state index in [1.165, 1.54) is 6.92 Å². The predicted octanol–water partition coefficient (Wildman–Crippen LogP) is -0.907. The number of nitrogens with one attached hydrogen (secondary N) is 2. The molecule has 2 atom stereocenters. The molecule has 1 rings (SSSR count). The number of aliphatic hydroxyl groups is 1. The summed E-state index contributed by atoms with van der Waals surface area (Å²) in [5, 5.41) is 15.1. The number of rotatable bonds is 2. The molecule has 0 saturated carbocycles. The maximum atomic E-state index is 10.6. The van der Waals surface area contributed by atoms with Crippen LogP contribution in [0.2, 0.25) is 0 Å². The van der Waals surface area contributed by atoms with Gasteiger partial charge in [0.2, 0.25) is 5.91 Å². The zero-order valence-corrected chi connectivity index (χ0v) is 7.34. The molecular formula is C8H16N2O2. The second-order valence-electron chi connectivity index (χ2n) is 3.35. The van der Waals surface area contributed by atoms with Crippen LogP contribution in [0.1, 0.15) is 13.3 Å². The molecule has 0 aromatic rings. The van der Waals surface area contributed by atoms with Gasteiger partial charge < -0.3 is 15.7 Å². The highest BCUT2D eigenvalue weighted by Crippen LogP contribution is 2.08. The molecule has 1 aliphatic heterocycles. The number of hydrogen-bond acceptors (Lipinski definition) is 3. The van der Waals surface area contributed by atoms with Crippen LogP contribution < -0.4 is 10.6 Å². The van der Waals surface area contributed by atoms with Crippen molar-refractivity contribution in [1.82, 2.24) is 10.6 Å². The van der Waals surface area contributed by atoms with Crippen LogP contribution in [-0.2, 0) is 4.79 Å². The Labute approximate surface area is 72.3 Å². The summed E-state index contributed by atoms with van der Waals surface area (Å²) in [7, 11) is 0. The Balaban J connectivity index is 2.18. The smallest absolute Gasteiger partial charge is 0.216 e. The van der Waals surface area contributed by atoms with E-state index in [0.717, 1.165) is 13.0 Å². The molecule has 0 bridgehead atoms. The van der Waals surface area contributed by atoms with Gasteiger partial charge in [-0.05, 0) is 18.9 Å². The SMILES string of the molecule is CC(=O)NCC1CNCC(O)C1. The van der Waals surface area contributed by atoms with E-state index in [2.05, 4.69) is 10.6 Å². The number of β-amino-alcohol motifs (C(OH)–C–C–N with tert-alkyl or cyclic N) is 1. The molecule has 0 aromatic heterocycles. The average molecular weight is 172 g/mol. The van der Waals surface area contributed by atoms with E-state index < -0.39 is 0 Å². The minimum atomic E-state index is -0.252. The lowest BCUT2D eigenvalue weighted by atomic mass is 9.98. The molecule has 1 fully saturated rings. The van der Waals surface area contributed by atoms with Crippen molar-refractivity contribution in [3.05, 3.63) is 0 Å². The molecule has 1 saturated heterocycles. The van der Waals surface area contributed by atoms with Gasteiger partial charge in [0.15, 0.2) is 0 Å². The molecule has 0 aromatic carbocycles. The fraction of sp³-hybridized carbons (Fsp3) is 0.875. The minimum absolute atomic E-state index is 0.00457. The van der Waals surface area contributed by atoms with Crippen LogP contribution in [0.25, 0.3) is 0 Å². The summed E-state index contributed by atoms with van der Waals surface area (Å²) in [5.74, 6) is 0.368. The van der Waals surface area contributed by atoms with E-state index in [1.807, 2.05) is 0 Å². The zero-order valence-electron chi connectivity index (χ0n) is 7.34. The summed E-state index contributed by atoms with van der Waals surface area (Å²) >= 11 is 0. The van der Waals surface area contributed by atoms with Crippen molar-refractivity contribution in [2.24, 2.45) is 5.92 Å². The highest BCUT2D eigenvalue weighted by molar-refractivity contribution is 5.72. The first kappa shape index (κ1) is 9.48. The molecule has 1 amide bonds. The van der Waals surface area contributed by atoms with Gasteiger partial charge in [0, 0.05) is 20.0 Å². The minimum Gasteiger partial charge on any atom is -0.392 e. The number of amides is 1. The maximum absolute atomic E-state index is 10.6. The Kier molecular flexibility index (Phi) is 3.49. The third-order valence-electron chi connectivity index (χ3n) is 2.06. The monoisotopic (exact) mass is 172 g/mol. The topological polar surface area (TPSA) is 61.4 Å². The lowest BCUT2D eigenvalue weighted by molar-refractivity contribution is -0.119. The molecule has 3 N–H and O–H groups in total. The van der Waals surface area contributed by atoms with Crippen molar-refractivity contribution in [3.8, 4) is 0 Å². The predicted molar refractivity (Wildman–Crippen MR) is 45.7 cm³/mol. The molecule has 12 heavy (non-hydrogen) atoms. The highest BCUT2D eigenvalue weighted by Gasteiger charge is 2.19. The highest BCUT2D eigenvalue weighted by atomic mass is 16.3. The molecule has 0 spiro atoms. The molecule has 4 nitrogen and oxygen atoms in total. The Morgan fingerprint density at radius 1 is 1.67 bits per heavy atom. The van der Waals surface area contributed by atoms with Gasteiger partial charge in [0.1, 0.15) is 0 Å². The van der Waals surface area contributed by atoms with E-state index in [4.69, 9.17) is 0 Å². The Morgan fingerprint density at radius 2 is 2.42 bits per heavy atom. The van der Waals surface area contributed by atoms with Crippen molar-refractivity contribution >= 4 is 5.91 Å². The molecule has 2 unspecified atom stereocenters. The van der Waals surface area contributed by atoms with Crippen LogP contribution in [0.15, 0.2) is 0 Å². The molecule has 0 aliphatic carbocycles. The summed E-state index contributed by atoms with van der Waals surface area (Å²) < 4.78 is 0. The first-order chi connectivity index (χ1) is 5.68. The number of hydrogen-bond donors (Lipinski definition) is 3. The van der Waals surface area contributed by atoms with Crippen molar-refractivity contribution in [1.29, 1.82) is 0 Å². The van der Waals surface area contributed by atoms with Crippen LogP contribution in [0.4, 0.5) is 0 Å². The standard InChI is InChI=1S/C8H16N2O2/c1-6(11)10-4-7-2-8(12)5-9-3-7/h7-9,12H,2-5H2,1H3,(H,10,11). The van der Waals surface area contributed by atoms with E-state index in [-0.39, 0.29) is 12.0 Å². The lowest BCUT2D eigenvalue weighted by Gasteiger charge is -2.26. The number of piperidine rings is 1. The van der Waals surface area contributed by atoms with Gasteiger partial charge in [-0.15, -0.1) is 0 Å². The number of carbonyl (C=O) groups is 1. The van der Waals surface area contributed by atoms with Gasteiger partial charge in [-0.1, -0.05) is 0 Å². The Morgan fingerprint density at radius 3 is 3.00 bits per heavy atom. The van der Waals surface area contributed by atoms with Gasteiger partial charge in [-0.3, -0.25) is 4.79 Å². The fourth-order valence-corrected chi connectivity index (χ4v) is 1.45. The van der Waals surface area contributed by atoms with Crippen LogP contribution in [0.5, 0.6) is 0 Å². The van der Waals surface area contributed by atoms with Crippen LogP contribution in [0.3, 0.4) is 0 Å². The second kappa shape index (κ2) is 4.42. The van der Waals surface area contributed by atoms with E-state index in [9.17, 15) is 9.90 Å². The summed E-state index contributed by atoms with van der Waals surface area (Å²) in [5.41, 5.74) is 0. The average Bonchev–Trinajstić information content (AvgIpc) is 2.01. The van der Waals surface area contributed by atoms with E-state index >= 15 is 0 Å². The lowest BCUT2D eigenvalue weighted by Crippen LogP contribution is -2.43. The van der Waals surface area contributed by atoms with E-state index in [1.54, 1.807) is 0 Å². The summed E-state index contributed by atoms with van der Waals surface area (Å²) in [6.07, 6.45) is 0.533. The van der Waals surface area contributed by atoms with Gasteiger partial charge in [0.25, 0.3) is 0 Å². The molecule has 1 aliphatic rings. The Bertz CT molecular complexity index is 161. The van der Waals surface area contributed by atoms with Crippen LogP contribution in [-0.4, -0.2) is 36.8 Å². The number of carbonyl (C=O) groups excluding carboxylic acids is 1. The first-order valence-electron chi connectivity index (χ1n) is 4.31. The van der Waals surface area contributed by atoms with Gasteiger partial charge >= 0.3 is 0 Å². The molecular weight excluding hydrogens is 156 g/mol. The Hall–Kier alpha value is -0.610. The fourth-order valence-electron chi connectivity index (χ4n) is 1.45. The summed E-state index contributed by atoms with van der Waals surface area (Å²) in [4.78, 5) is 10.6.